The van der Waals surface area contributed by atoms with Crippen molar-refractivity contribution in [3.63, 3.8) is 0 Å². The third-order valence-corrected chi connectivity index (χ3v) is 7.37. The van der Waals surface area contributed by atoms with Crippen LogP contribution in [0, 0.1) is 0 Å². The SMILES string of the molecule is O=S(=O)(c1ccc(-c2ccco2)cc1)C1CCN(Cc2cccnc2)CC1. The van der Waals surface area contributed by atoms with E-state index in [0.717, 1.165) is 36.5 Å². The fraction of sp³-hybridized carbons (Fsp3) is 0.286. The van der Waals surface area contributed by atoms with E-state index in [0.29, 0.717) is 17.7 Å². The van der Waals surface area contributed by atoms with Gasteiger partial charge in [-0.3, -0.25) is 9.88 Å². The zero-order chi connectivity index (χ0) is 18.7. The predicted octanol–water partition coefficient (Wildman–Crippen LogP) is 3.78. The second-order valence-electron chi connectivity index (χ2n) is 6.88. The van der Waals surface area contributed by atoms with Gasteiger partial charge in [0.15, 0.2) is 9.84 Å². The highest BCUT2D eigenvalue weighted by Gasteiger charge is 2.31. The van der Waals surface area contributed by atoms with E-state index in [1.807, 2.05) is 36.5 Å². The number of furan rings is 1. The normalized spacial score (nSPS) is 16.4. The van der Waals surface area contributed by atoms with Crippen LogP contribution < -0.4 is 0 Å². The van der Waals surface area contributed by atoms with E-state index < -0.39 is 9.84 Å². The van der Waals surface area contributed by atoms with Gasteiger partial charge in [-0.2, -0.15) is 0 Å². The average Bonchev–Trinajstić information content (AvgIpc) is 3.24. The summed E-state index contributed by atoms with van der Waals surface area (Å²) in [6.45, 7) is 2.38. The first-order valence-corrected chi connectivity index (χ1v) is 10.7. The molecule has 0 N–H and O–H groups in total. The molecule has 0 radical (unpaired) electrons. The summed E-state index contributed by atoms with van der Waals surface area (Å²) in [6, 6.07) is 14.7. The van der Waals surface area contributed by atoms with Crippen molar-refractivity contribution in [2.24, 2.45) is 0 Å². The molecule has 0 aliphatic carbocycles. The highest BCUT2D eigenvalue weighted by Crippen LogP contribution is 2.27. The quantitative estimate of drug-likeness (QED) is 0.672. The van der Waals surface area contributed by atoms with Crippen LogP contribution >= 0.6 is 0 Å². The Morgan fingerprint density at radius 2 is 1.81 bits per heavy atom. The minimum absolute atomic E-state index is 0.322. The number of rotatable bonds is 5. The third-order valence-electron chi connectivity index (χ3n) is 5.09. The molecule has 1 aliphatic rings. The molecule has 3 aromatic rings. The Bertz CT molecular complexity index is 960. The molecule has 1 saturated heterocycles. The first-order chi connectivity index (χ1) is 13.1. The Hall–Kier alpha value is -2.44. The summed E-state index contributed by atoms with van der Waals surface area (Å²) in [6.07, 6.45) is 6.55. The van der Waals surface area contributed by atoms with Gasteiger partial charge < -0.3 is 4.42 Å². The van der Waals surface area contributed by atoms with Gasteiger partial charge in [0.05, 0.1) is 16.4 Å². The number of benzene rings is 1. The maximum Gasteiger partial charge on any atom is 0.181 e. The fourth-order valence-corrected chi connectivity index (χ4v) is 5.30. The largest absolute Gasteiger partial charge is 0.464 e. The minimum Gasteiger partial charge on any atom is -0.464 e. The number of piperidine rings is 1. The minimum atomic E-state index is -3.31. The molecule has 0 bridgehead atoms. The smallest absolute Gasteiger partial charge is 0.181 e. The molecule has 0 atom stereocenters. The van der Waals surface area contributed by atoms with Crippen LogP contribution in [0.15, 0.2) is 76.5 Å². The lowest BCUT2D eigenvalue weighted by molar-refractivity contribution is 0.222. The monoisotopic (exact) mass is 382 g/mol. The van der Waals surface area contributed by atoms with E-state index >= 15 is 0 Å². The van der Waals surface area contributed by atoms with E-state index in [1.165, 1.54) is 0 Å². The molecule has 1 aliphatic heterocycles. The standard InChI is InChI=1S/C21H22N2O3S/c24-27(25,19-7-5-18(6-8-19)21-4-2-14-26-21)20-9-12-23(13-10-20)16-17-3-1-11-22-15-17/h1-8,11,14-15,20H,9-10,12-13,16H2. The zero-order valence-electron chi connectivity index (χ0n) is 15.0. The Labute approximate surface area is 159 Å². The Morgan fingerprint density at radius 3 is 2.44 bits per heavy atom. The van der Waals surface area contributed by atoms with Crippen LogP contribution in [0.3, 0.4) is 0 Å². The van der Waals surface area contributed by atoms with Gasteiger partial charge in [0, 0.05) is 24.5 Å². The molecule has 2 aromatic heterocycles. The van der Waals surface area contributed by atoms with Crippen molar-refractivity contribution in [3.05, 3.63) is 72.8 Å². The molecule has 5 nitrogen and oxygen atoms in total. The lowest BCUT2D eigenvalue weighted by Crippen LogP contribution is -2.38. The predicted molar refractivity (Wildman–Crippen MR) is 104 cm³/mol. The van der Waals surface area contributed by atoms with Crippen LogP contribution in [0.2, 0.25) is 0 Å². The van der Waals surface area contributed by atoms with Crippen molar-refractivity contribution in [2.45, 2.75) is 29.5 Å². The molecule has 27 heavy (non-hydrogen) atoms. The molecule has 1 aromatic carbocycles. The zero-order valence-corrected chi connectivity index (χ0v) is 15.8. The summed E-state index contributed by atoms with van der Waals surface area (Å²) in [5, 5.41) is -0.322. The van der Waals surface area contributed by atoms with E-state index in [2.05, 4.69) is 16.0 Å². The van der Waals surface area contributed by atoms with E-state index in [-0.39, 0.29) is 5.25 Å². The van der Waals surface area contributed by atoms with Crippen LogP contribution in [0.1, 0.15) is 18.4 Å². The van der Waals surface area contributed by atoms with Crippen molar-refractivity contribution >= 4 is 9.84 Å². The van der Waals surface area contributed by atoms with Gasteiger partial charge in [0.1, 0.15) is 5.76 Å². The molecule has 6 heteroatoms. The number of pyridine rings is 1. The molecular formula is C21H22N2O3S. The Kier molecular flexibility index (Phi) is 5.09. The molecule has 0 amide bonds. The molecule has 3 heterocycles. The molecule has 140 valence electrons. The second-order valence-corrected chi connectivity index (χ2v) is 9.11. The van der Waals surface area contributed by atoms with Crippen molar-refractivity contribution in [2.75, 3.05) is 13.1 Å². The van der Waals surface area contributed by atoms with Crippen LogP contribution in [0.4, 0.5) is 0 Å². The number of likely N-dealkylation sites (tertiary alicyclic amines) is 1. The van der Waals surface area contributed by atoms with E-state index in [1.54, 1.807) is 24.6 Å². The summed E-state index contributed by atoms with van der Waals surface area (Å²) in [7, 11) is -3.31. The van der Waals surface area contributed by atoms with Crippen molar-refractivity contribution < 1.29 is 12.8 Å². The molecular weight excluding hydrogens is 360 g/mol. The Balaban J connectivity index is 1.41. The molecule has 0 unspecified atom stereocenters. The van der Waals surface area contributed by atoms with E-state index in [4.69, 9.17) is 4.42 Å². The molecule has 4 rings (SSSR count). The van der Waals surface area contributed by atoms with Gasteiger partial charge in [-0.05, 0) is 74.0 Å². The highest BCUT2D eigenvalue weighted by molar-refractivity contribution is 7.92. The summed E-state index contributed by atoms with van der Waals surface area (Å²) in [5.41, 5.74) is 2.04. The Morgan fingerprint density at radius 1 is 1.04 bits per heavy atom. The van der Waals surface area contributed by atoms with Crippen LogP contribution in [-0.4, -0.2) is 36.6 Å². The first kappa shape index (κ1) is 17.9. The third kappa shape index (κ3) is 3.96. The number of hydrogen-bond donors (Lipinski definition) is 0. The average molecular weight is 382 g/mol. The van der Waals surface area contributed by atoms with Gasteiger partial charge in [-0.15, -0.1) is 0 Å². The number of hydrogen-bond acceptors (Lipinski definition) is 5. The number of aromatic nitrogens is 1. The lowest BCUT2D eigenvalue weighted by atomic mass is 10.1. The number of sulfone groups is 1. The summed E-state index contributed by atoms with van der Waals surface area (Å²) in [4.78, 5) is 6.83. The van der Waals surface area contributed by atoms with Crippen LogP contribution in [0.5, 0.6) is 0 Å². The van der Waals surface area contributed by atoms with E-state index in [9.17, 15) is 8.42 Å². The van der Waals surface area contributed by atoms with Crippen LogP contribution in [0.25, 0.3) is 11.3 Å². The maximum absolute atomic E-state index is 13.0. The topological polar surface area (TPSA) is 63.4 Å². The maximum atomic E-state index is 13.0. The first-order valence-electron chi connectivity index (χ1n) is 9.12. The van der Waals surface area contributed by atoms with Crippen molar-refractivity contribution in [1.29, 1.82) is 0 Å². The van der Waals surface area contributed by atoms with Gasteiger partial charge in [0.25, 0.3) is 0 Å². The summed E-state index contributed by atoms with van der Waals surface area (Å²) in [5.74, 6) is 0.739. The van der Waals surface area contributed by atoms with Gasteiger partial charge in [-0.1, -0.05) is 6.07 Å². The van der Waals surface area contributed by atoms with Crippen LogP contribution in [-0.2, 0) is 16.4 Å². The fourth-order valence-electron chi connectivity index (χ4n) is 3.57. The van der Waals surface area contributed by atoms with Gasteiger partial charge in [-0.25, -0.2) is 8.42 Å². The highest BCUT2D eigenvalue weighted by atomic mass is 32.2. The summed E-state index contributed by atoms with van der Waals surface area (Å²) >= 11 is 0. The molecule has 0 spiro atoms. The summed E-state index contributed by atoms with van der Waals surface area (Å²) < 4.78 is 31.4. The number of nitrogens with zero attached hydrogens (tertiary/aromatic N) is 2. The second kappa shape index (κ2) is 7.66. The van der Waals surface area contributed by atoms with Gasteiger partial charge in [0.2, 0.25) is 0 Å². The lowest BCUT2D eigenvalue weighted by Gasteiger charge is -2.31. The molecule has 1 fully saturated rings. The molecule has 0 saturated carbocycles. The van der Waals surface area contributed by atoms with Crippen molar-refractivity contribution in [3.8, 4) is 11.3 Å². The van der Waals surface area contributed by atoms with Crippen molar-refractivity contribution in [1.82, 2.24) is 9.88 Å². The van der Waals surface area contributed by atoms with Gasteiger partial charge >= 0.3 is 0 Å².